The third-order valence-corrected chi connectivity index (χ3v) is 4.00. The van der Waals surface area contributed by atoms with Crippen LogP contribution in [0.4, 0.5) is 13.2 Å². The van der Waals surface area contributed by atoms with Gasteiger partial charge in [-0.25, -0.2) is 4.79 Å². The van der Waals surface area contributed by atoms with Gasteiger partial charge in [-0.1, -0.05) is 12.1 Å². The smallest absolute Gasteiger partial charge is 0.458 e. The highest BCUT2D eigenvalue weighted by Gasteiger charge is 2.31. The molecule has 8 heteroatoms. The fourth-order valence-electron chi connectivity index (χ4n) is 2.86. The number of esters is 1. The second kappa shape index (κ2) is 7.02. The molecule has 0 atom stereocenters. The van der Waals surface area contributed by atoms with Gasteiger partial charge in [0.2, 0.25) is 0 Å². The van der Waals surface area contributed by atoms with Gasteiger partial charge in [-0.15, -0.1) is 13.2 Å². The number of hydrogen-bond acceptors (Lipinski definition) is 3. The van der Waals surface area contributed by atoms with Gasteiger partial charge in [0.25, 0.3) is 0 Å². The van der Waals surface area contributed by atoms with Gasteiger partial charge in [0.1, 0.15) is 11.4 Å². The molecule has 0 saturated carbocycles. The number of alkyl halides is 3. The molecular formula is C19H19F3N2O3. The van der Waals surface area contributed by atoms with Crippen molar-refractivity contribution in [1.29, 1.82) is 0 Å². The summed E-state index contributed by atoms with van der Waals surface area (Å²) in [6, 6.07) is 9.20. The van der Waals surface area contributed by atoms with Crippen LogP contribution >= 0.6 is 0 Å². The quantitative estimate of drug-likeness (QED) is 0.613. The van der Waals surface area contributed by atoms with Crippen molar-refractivity contribution in [1.82, 2.24) is 9.13 Å². The van der Waals surface area contributed by atoms with Gasteiger partial charge < -0.3 is 18.6 Å². The number of aromatic nitrogens is 2. The van der Waals surface area contributed by atoms with Crippen molar-refractivity contribution in [3.63, 3.8) is 0 Å². The summed E-state index contributed by atoms with van der Waals surface area (Å²) in [5.74, 6) is -0.735. The summed E-state index contributed by atoms with van der Waals surface area (Å²) in [4.78, 5) is 12.5. The van der Waals surface area contributed by atoms with Gasteiger partial charge in [-0.3, -0.25) is 0 Å². The maximum absolute atomic E-state index is 12.5. The van der Waals surface area contributed by atoms with Gasteiger partial charge in [-0.05, 0) is 43.7 Å². The molecule has 2 aromatic heterocycles. The maximum Gasteiger partial charge on any atom is 0.573 e. The Bertz CT molecular complexity index is 953. The highest BCUT2D eigenvalue weighted by atomic mass is 19.4. The Morgan fingerprint density at radius 3 is 2.37 bits per heavy atom. The minimum Gasteiger partial charge on any atom is -0.458 e. The number of fused-ring (bicyclic) bond motifs is 1. The van der Waals surface area contributed by atoms with Crippen LogP contribution in [0.3, 0.4) is 0 Å². The van der Waals surface area contributed by atoms with E-state index in [0.717, 1.165) is 16.6 Å². The predicted octanol–water partition coefficient (Wildman–Crippen LogP) is 4.49. The van der Waals surface area contributed by atoms with Crippen LogP contribution in [-0.2, 0) is 18.3 Å². The van der Waals surface area contributed by atoms with E-state index in [1.54, 1.807) is 24.5 Å². The van der Waals surface area contributed by atoms with Crippen LogP contribution in [-0.4, -0.2) is 27.6 Å². The first-order chi connectivity index (χ1) is 12.6. The first-order valence-corrected chi connectivity index (χ1v) is 8.34. The van der Waals surface area contributed by atoms with Crippen molar-refractivity contribution >= 4 is 17.0 Å². The Morgan fingerprint density at radius 2 is 1.78 bits per heavy atom. The Morgan fingerprint density at radius 1 is 1.11 bits per heavy atom. The summed E-state index contributed by atoms with van der Waals surface area (Å²) < 4.78 is 49.7. The first-order valence-electron chi connectivity index (χ1n) is 8.34. The van der Waals surface area contributed by atoms with E-state index in [-0.39, 0.29) is 11.9 Å². The van der Waals surface area contributed by atoms with Gasteiger partial charge in [-0.2, -0.15) is 0 Å². The first kappa shape index (κ1) is 18.9. The van der Waals surface area contributed by atoms with E-state index in [2.05, 4.69) is 4.74 Å². The summed E-state index contributed by atoms with van der Waals surface area (Å²) in [5, 5.41) is 0. The van der Waals surface area contributed by atoms with Crippen LogP contribution in [0.1, 0.15) is 29.9 Å². The van der Waals surface area contributed by atoms with E-state index < -0.39 is 12.3 Å². The third-order valence-electron chi connectivity index (χ3n) is 4.00. The summed E-state index contributed by atoms with van der Waals surface area (Å²) in [7, 11) is 1.87. The molecule has 0 aliphatic heterocycles. The Kier molecular flexibility index (Phi) is 4.91. The number of hydrogen-bond donors (Lipinski definition) is 0. The molecule has 144 valence electrons. The average Bonchev–Trinajstić information content (AvgIpc) is 3.08. The standard InChI is InChI=1S/C19H19F3N2O3/c1-12(2)26-18(25)17-10-16-15(8-9-23(16)3)24(17)11-13-4-6-14(7-5-13)27-19(20,21)22/h4-10,12H,11H2,1-3H3. The molecule has 2 heterocycles. The molecule has 27 heavy (non-hydrogen) atoms. The number of ether oxygens (including phenoxy) is 2. The fraction of sp³-hybridized carbons (Fsp3) is 0.316. The molecule has 3 aromatic rings. The zero-order chi connectivity index (χ0) is 19.8. The molecule has 0 aliphatic carbocycles. The molecule has 3 rings (SSSR count). The molecule has 0 spiro atoms. The highest BCUT2D eigenvalue weighted by Crippen LogP contribution is 2.26. The molecule has 0 radical (unpaired) electrons. The molecule has 0 fully saturated rings. The number of nitrogens with zero attached hydrogens (tertiary/aromatic N) is 2. The van der Waals surface area contributed by atoms with Crippen LogP contribution in [0, 0.1) is 0 Å². The highest BCUT2D eigenvalue weighted by molar-refractivity contribution is 5.95. The Balaban J connectivity index is 1.92. The SMILES string of the molecule is CC(C)OC(=O)c1cc2c(ccn2C)n1Cc1ccc(OC(F)(F)F)cc1. The lowest BCUT2D eigenvalue weighted by Crippen LogP contribution is -2.17. The van der Waals surface area contributed by atoms with Crippen molar-refractivity contribution in [2.45, 2.75) is 32.9 Å². The largest absolute Gasteiger partial charge is 0.573 e. The van der Waals surface area contributed by atoms with Crippen molar-refractivity contribution < 1.29 is 27.4 Å². The number of halogens is 3. The summed E-state index contributed by atoms with van der Waals surface area (Å²) in [5.41, 5.74) is 2.82. The lowest BCUT2D eigenvalue weighted by atomic mass is 10.2. The lowest BCUT2D eigenvalue weighted by molar-refractivity contribution is -0.274. The second-order valence-electron chi connectivity index (χ2n) is 6.46. The number of carbonyl (C=O) groups excluding carboxylic acids is 1. The van der Waals surface area contributed by atoms with Gasteiger partial charge in [0.15, 0.2) is 0 Å². The van der Waals surface area contributed by atoms with E-state index in [1.807, 2.05) is 23.9 Å². The number of rotatable bonds is 5. The van der Waals surface area contributed by atoms with E-state index in [0.29, 0.717) is 12.2 Å². The van der Waals surface area contributed by atoms with Crippen molar-refractivity contribution in [2.75, 3.05) is 0 Å². The third kappa shape index (κ3) is 4.27. The predicted molar refractivity (Wildman–Crippen MR) is 93.7 cm³/mol. The van der Waals surface area contributed by atoms with E-state index in [9.17, 15) is 18.0 Å². The van der Waals surface area contributed by atoms with E-state index >= 15 is 0 Å². The fourth-order valence-corrected chi connectivity index (χ4v) is 2.86. The zero-order valence-electron chi connectivity index (χ0n) is 15.1. The lowest BCUT2D eigenvalue weighted by Gasteiger charge is -2.13. The van der Waals surface area contributed by atoms with Crippen LogP contribution in [0.2, 0.25) is 0 Å². The normalized spacial score (nSPS) is 12.0. The van der Waals surface area contributed by atoms with Crippen LogP contribution < -0.4 is 4.74 Å². The topological polar surface area (TPSA) is 45.4 Å². The Hall–Kier alpha value is -2.90. The van der Waals surface area contributed by atoms with E-state index in [1.165, 1.54) is 24.3 Å². The molecule has 1 aromatic carbocycles. The Labute approximate surface area is 153 Å². The molecule has 5 nitrogen and oxygen atoms in total. The van der Waals surface area contributed by atoms with Crippen molar-refractivity contribution in [3.05, 3.63) is 53.9 Å². The second-order valence-corrected chi connectivity index (χ2v) is 6.46. The van der Waals surface area contributed by atoms with E-state index in [4.69, 9.17) is 4.74 Å². The van der Waals surface area contributed by atoms with Crippen LogP contribution in [0.5, 0.6) is 5.75 Å². The van der Waals surface area contributed by atoms with Gasteiger partial charge in [0, 0.05) is 19.8 Å². The molecule has 0 bridgehead atoms. The van der Waals surface area contributed by atoms with Crippen molar-refractivity contribution in [3.8, 4) is 5.75 Å². The molecule has 0 aliphatic rings. The summed E-state index contributed by atoms with van der Waals surface area (Å²) in [6.07, 6.45) is -3.12. The number of aryl methyl sites for hydroxylation is 1. The van der Waals surface area contributed by atoms with Crippen LogP contribution in [0.25, 0.3) is 11.0 Å². The summed E-state index contributed by atoms with van der Waals surface area (Å²) >= 11 is 0. The molecule has 0 unspecified atom stereocenters. The number of benzene rings is 1. The zero-order valence-corrected chi connectivity index (χ0v) is 15.1. The summed E-state index contributed by atoms with van der Waals surface area (Å²) in [6.45, 7) is 3.84. The van der Waals surface area contributed by atoms with Gasteiger partial charge >= 0.3 is 12.3 Å². The minimum absolute atomic E-state index is 0.261. The monoisotopic (exact) mass is 380 g/mol. The molecule has 0 N–H and O–H groups in total. The van der Waals surface area contributed by atoms with Crippen LogP contribution in [0.15, 0.2) is 42.6 Å². The maximum atomic E-state index is 12.5. The average molecular weight is 380 g/mol. The molecule has 0 amide bonds. The molecular weight excluding hydrogens is 361 g/mol. The molecule has 0 saturated heterocycles. The number of carbonyl (C=O) groups is 1. The van der Waals surface area contributed by atoms with Gasteiger partial charge in [0.05, 0.1) is 17.1 Å². The van der Waals surface area contributed by atoms with Crippen molar-refractivity contribution in [2.24, 2.45) is 7.05 Å². The minimum atomic E-state index is -4.73.